The van der Waals surface area contributed by atoms with E-state index in [9.17, 15) is 9.90 Å². The molecule has 5 nitrogen and oxygen atoms in total. The van der Waals surface area contributed by atoms with Crippen LogP contribution in [0, 0.1) is 5.41 Å². The number of amides is 1. The second-order valence-electron chi connectivity index (χ2n) is 8.29. The monoisotopic (exact) mass is 340 g/mol. The summed E-state index contributed by atoms with van der Waals surface area (Å²) in [5.74, 6) is 0.353. The highest BCUT2D eigenvalue weighted by Gasteiger charge is 2.57. The fourth-order valence-corrected chi connectivity index (χ4v) is 4.87. The van der Waals surface area contributed by atoms with Crippen molar-refractivity contribution < 1.29 is 14.5 Å². The third kappa shape index (κ3) is 2.08. The molecule has 2 bridgehead atoms. The van der Waals surface area contributed by atoms with Crippen molar-refractivity contribution in [3.8, 4) is 5.75 Å². The third-order valence-corrected chi connectivity index (χ3v) is 6.86. The number of nitrogens with zero attached hydrogens (tertiary/aromatic N) is 3. The van der Waals surface area contributed by atoms with E-state index >= 15 is 0 Å². The number of hydrogen-bond acceptors (Lipinski definition) is 2. The number of piperidine rings is 1. The molecule has 2 aromatic rings. The lowest BCUT2D eigenvalue weighted by atomic mass is 9.51. The first kappa shape index (κ1) is 16.2. The molecule has 0 spiro atoms. The number of carbonyl (C=O) groups excluding carboxylic acids is 1. The fraction of sp³-hybridized carbons (Fsp3) is 0.500. The number of benzene rings is 1. The molecule has 132 valence electrons. The van der Waals surface area contributed by atoms with E-state index in [1.807, 2.05) is 28.8 Å². The molecule has 2 atom stereocenters. The van der Waals surface area contributed by atoms with Gasteiger partial charge in [0.2, 0.25) is 0 Å². The smallest absolute Gasteiger partial charge is 0.416 e. The molecule has 2 aliphatic rings. The van der Waals surface area contributed by atoms with Crippen LogP contribution in [-0.2, 0) is 18.9 Å². The van der Waals surface area contributed by atoms with Gasteiger partial charge in [0.1, 0.15) is 18.1 Å². The van der Waals surface area contributed by atoms with Gasteiger partial charge in [-0.2, -0.15) is 4.57 Å². The van der Waals surface area contributed by atoms with Crippen LogP contribution in [0.25, 0.3) is 0 Å². The predicted octanol–water partition coefficient (Wildman–Crippen LogP) is 2.60. The summed E-state index contributed by atoms with van der Waals surface area (Å²) >= 11 is 0. The lowest BCUT2D eigenvalue weighted by molar-refractivity contribution is -0.670. The van der Waals surface area contributed by atoms with Crippen molar-refractivity contribution in [1.29, 1.82) is 0 Å². The lowest BCUT2D eigenvalue weighted by Crippen LogP contribution is -2.65. The minimum absolute atomic E-state index is 0.0135. The van der Waals surface area contributed by atoms with Gasteiger partial charge in [-0.1, -0.05) is 32.9 Å². The van der Waals surface area contributed by atoms with Gasteiger partial charge in [-0.3, -0.25) is 0 Å². The summed E-state index contributed by atoms with van der Waals surface area (Å²) in [7, 11) is 1.91. The van der Waals surface area contributed by atoms with Gasteiger partial charge in [0, 0.05) is 18.0 Å². The van der Waals surface area contributed by atoms with Crippen LogP contribution in [0.1, 0.15) is 38.3 Å². The number of imidazole rings is 1. The molecule has 25 heavy (non-hydrogen) atoms. The Morgan fingerprint density at radius 1 is 1.32 bits per heavy atom. The van der Waals surface area contributed by atoms with Gasteiger partial charge >= 0.3 is 6.03 Å². The summed E-state index contributed by atoms with van der Waals surface area (Å²) in [5, 5.41) is 10.4. The first-order valence-electron chi connectivity index (χ1n) is 8.91. The summed E-state index contributed by atoms with van der Waals surface area (Å²) in [6, 6.07) is 5.92. The summed E-state index contributed by atoms with van der Waals surface area (Å²) in [6.45, 7) is 7.55. The molecular formula is C20H26N3O2+. The van der Waals surface area contributed by atoms with Gasteiger partial charge in [-0.25, -0.2) is 9.36 Å². The molecule has 1 N–H and O–H groups in total. The Hall–Kier alpha value is -2.30. The minimum atomic E-state index is -0.0724. The largest absolute Gasteiger partial charge is 0.508 e. The maximum Gasteiger partial charge on any atom is 0.416 e. The molecule has 1 aliphatic carbocycles. The SMILES string of the molecule is C[n+]1ccn(C(=O)N2CC[C@@]3(C)c4cccc(O)c4C[C@H]2C3(C)C)c1. The molecule has 1 fully saturated rings. The van der Waals surface area contributed by atoms with Crippen molar-refractivity contribution in [3.63, 3.8) is 0 Å². The molecule has 0 saturated carbocycles. The number of aryl methyl sites for hydroxylation is 1. The van der Waals surface area contributed by atoms with Crippen molar-refractivity contribution in [2.75, 3.05) is 6.54 Å². The zero-order valence-electron chi connectivity index (χ0n) is 15.4. The molecule has 1 aromatic carbocycles. The summed E-state index contributed by atoms with van der Waals surface area (Å²) in [5.41, 5.74) is 2.12. The number of phenols is 1. The van der Waals surface area contributed by atoms with Crippen LogP contribution in [0.3, 0.4) is 0 Å². The number of aromatic hydroxyl groups is 1. The van der Waals surface area contributed by atoms with E-state index < -0.39 is 0 Å². The molecule has 1 saturated heterocycles. The van der Waals surface area contributed by atoms with E-state index in [0.717, 1.165) is 18.5 Å². The Labute approximate surface area is 148 Å². The van der Waals surface area contributed by atoms with Gasteiger partial charge in [0.25, 0.3) is 6.33 Å². The second kappa shape index (κ2) is 5.10. The van der Waals surface area contributed by atoms with Crippen LogP contribution in [0.2, 0.25) is 0 Å². The molecule has 5 heteroatoms. The van der Waals surface area contributed by atoms with E-state index in [4.69, 9.17) is 0 Å². The van der Waals surface area contributed by atoms with E-state index in [2.05, 4.69) is 26.8 Å². The zero-order valence-corrected chi connectivity index (χ0v) is 15.4. The maximum absolute atomic E-state index is 13.1. The highest BCUT2D eigenvalue weighted by molar-refractivity contribution is 5.77. The van der Waals surface area contributed by atoms with E-state index in [1.165, 1.54) is 5.56 Å². The van der Waals surface area contributed by atoms with Crippen LogP contribution >= 0.6 is 0 Å². The van der Waals surface area contributed by atoms with Crippen molar-refractivity contribution in [2.24, 2.45) is 12.5 Å². The highest BCUT2D eigenvalue weighted by Crippen LogP contribution is 2.57. The highest BCUT2D eigenvalue weighted by atomic mass is 16.3. The first-order chi connectivity index (χ1) is 11.8. The Balaban J connectivity index is 1.80. The van der Waals surface area contributed by atoms with E-state index in [0.29, 0.717) is 12.2 Å². The topological polar surface area (TPSA) is 49.3 Å². The zero-order chi connectivity index (χ0) is 18.0. The number of rotatable bonds is 0. The number of hydrogen-bond donors (Lipinski definition) is 1. The predicted molar refractivity (Wildman–Crippen MR) is 94.5 cm³/mol. The lowest BCUT2D eigenvalue weighted by Gasteiger charge is -2.60. The van der Waals surface area contributed by atoms with Gasteiger partial charge in [-0.05, 0) is 35.4 Å². The molecule has 1 aromatic heterocycles. The number of fused-ring (bicyclic) bond motifs is 4. The molecule has 0 unspecified atom stereocenters. The Kier molecular flexibility index (Phi) is 3.30. The Bertz CT molecular complexity index is 854. The number of likely N-dealkylation sites (tertiary alicyclic amines) is 1. The van der Waals surface area contributed by atoms with E-state index in [-0.39, 0.29) is 22.9 Å². The van der Waals surface area contributed by atoms with Crippen LogP contribution in [0.5, 0.6) is 5.75 Å². The molecule has 2 heterocycles. The molecular weight excluding hydrogens is 314 g/mol. The number of carbonyl (C=O) groups is 1. The number of phenolic OH excluding ortho intramolecular Hbond substituents is 1. The van der Waals surface area contributed by atoms with Crippen LogP contribution in [0.4, 0.5) is 4.79 Å². The van der Waals surface area contributed by atoms with Crippen molar-refractivity contribution in [3.05, 3.63) is 48.0 Å². The van der Waals surface area contributed by atoms with E-state index in [1.54, 1.807) is 23.2 Å². The third-order valence-electron chi connectivity index (χ3n) is 6.86. The van der Waals surface area contributed by atoms with Crippen molar-refractivity contribution >= 4 is 6.03 Å². The molecule has 0 radical (unpaired) electrons. The van der Waals surface area contributed by atoms with Crippen LogP contribution < -0.4 is 4.57 Å². The maximum atomic E-state index is 13.1. The normalized spacial score (nSPS) is 27.0. The summed E-state index contributed by atoms with van der Waals surface area (Å²) in [6.07, 6.45) is 7.07. The molecule has 4 rings (SSSR count). The fourth-order valence-electron chi connectivity index (χ4n) is 4.87. The van der Waals surface area contributed by atoms with Crippen LogP contribution in [0.15, 0.2) is 36.9 Å². The van der Waals surface area contributed by atoms with Gasteiger partial charge in [0.05, 0.1) is 7.05 Å². The number of aromatic nitrogens is 2. The summed E-state index contributed by atoms with van der Waals surface area (Å²) < 4.78 is 3.53. The molecule has 1 amide bonds. The molecule has 1 aliphatic heterocycles. The average molecular weight is 340 g/mol. The van der Waals surface area contributed by atoms with Gasteiger partial charge in [-0.15, -0.1) is 0 Å². The quantitative estimate of drug-likeness (QED) is 0.750. The van der Waals surface area contributed by atoms with Crippen molar-refractivity contribution in [1.82, 2.24) is 9.47 Å². The first-order valence-corrected chi connectivity index (χ1v) is 8.91. The average Bonchev–Trinajstić information content (AvgIpc) is 2.98. The summed E-state index contributed by atoms with van der Waals surface area (Å²) in [4.78, 5) is 15.1. The second-order valence-corrected chi connectivity index (χ2v) is 8.29. The Morgan fingerprint density at radius 2 is 2.08 bits per heavy atom. The van der Waals surface area contributed by atoms with Crippen molar-refractivity contribution in [2.45, 2.75) is 45.1 Å². The van der Waals surface area contributed by atoms with Crippen LogP contribution in [-0.4, -0.2) is 33.2 Å². The Morgan fingerprint density at radius 3 is 2.76 bits per heavy atom. The standard InChI is InChI=1S/C20H25N3O2/c1-19(2)17-12-14-15(6-5-7-16(14)24)20(19,3)8-9-23(17)18(25)22-11-10-21(4)13-22/h5-7,10-11,13,17H,8-9,12H2,1-4H3/p+1/t17-,20-/m0/s1. The minimum Gasteiger partial charge on any atom is -0.508 e. The van der Waals surface area contributed by atoms with Gasteiger partial charge < -0.3 is 10.0 Å². The van der Waals surface area contributed by atoms with Gasteiger partial charge in [0.15, 0.2) is 0 Å².